The number of pyridine rings is 2. The number of amides is 1. The summed E-state index contributed by atoms with van der Waals surface area (Å²) in [4.78, 5) is 15.4. The Kier molecular flexibility index (Phi) is 4.71. The molecule has 0 saturated carbocycles. The van der Waals surface area contributed by atoms with Crippen molar-refractivity contribution < 1.29 is 13.9 Å². The lowest BCUT2D eigenvalue weighted by Gasteiger charge is -2.09. The van der Waals surface area contributed by atoms with Crippen molar-refractivity contribution >= 4 is 17.2 Å². The lowest BCUT2D eigenvalue weighted by atomic mass is 10.1. The maximum atomic E-state index is 14.5. The molecule has 0 spiro atoms. The summed E-state index contributed by atoms with van der Waals surface area (Å²) in [5.74, 6) is -0.405. The number of rotatable bonds is 6. The highest BCUT2D eigenvalue weighted by Gasteiger charge is 2.12. The molecule has 0 aromatic carbocycles. The first-order valence-electron chi connectivity index (χ1n) is 8.62. The molecule has 0 unspecified atom stereocenters. The van der Waals surface area contributed by atoms with Crippen LogP contribution in [0, 0.1) is 5.82 Å². The third-order valence-corrected chi connectivity index (χ3v) is 4.04. The van der Waals surface area contributed by atoms with Crippen LogP contribution in [0.3, 0.4) is 0 Å². The van der Waals surface area contributed by atoms with Gasteiger partial charge in [0.2, 0.25) is 11.8 Å². The zero-order valence-corrected chi connectivity index (χ0v) is 15.0. The fourth-order valence-electron chi connectivity index (χ4n) is 2.85. The number of anilines is 1. The molecule has 0 fully saturated rings. The molecule has 28 heavy (non-hydrogen) atoms. The summed E-state index contributed by atoms with van der Waals surface area (Å²) < 4.78 is 23.2. The molecule has 0 aliphatic heterocycles. The highest BCUT2D eigenvalue weighted by atomic mass is 19.1. The van der Waals surface area contributed by atoms with Gasteiger partial charge in [0.1, 0.15) is 6.61 Å². The van der Waals surface area contributed by atoms with Crippen molar-refractivity contribution in [1.29, 1.82) is 0 Å². The number of hydrogen-bond donors (Lipinski definition) is 1. The van der Waals surface area contributed by atoms with Gasteiger partial charge in [-0.1, -0.05) is 6.07 Å². The van der Waals surface area contributed by atoms with E-state index in [0.29, 0.717) is 17.9 Å². The Morgan fingerprint density at radius 3 is 2.93 bits per heavy atom. The van der Waals surface area contributed by atoms with E-state index in [-0.39, 0.29) is 18.4 Å². The van der Waals surface area contributed by atoms with Gasteiger partial charge in [-0.2, -0.15) is 10.2 Å². The van der Waals surface area contributed by atoms with Gasteiger partial charge in [0, 0.05) is 48.9 Å². The Morgan fingerprint density at radius 1 is 1.29 bits per heavy atom. The maximum Gasteiger partial charge on any atom is 0.250 e. The summed E-state index contributed by atoms with van der Waals surface area (Å²) in [6, 6.07) is 8.53. The van der Waals surface area contributed by atoms with E-state index < -0.39 is 5.82 Å². The molecule has 0 saturated heterocycles. The topological polar surface area (TPSA) is 86.3 Å². The molecule has 0 atom stereocenters. The highest BCUT2D eigenvalue weighted by molar-refractivity contribution is 5.90. The molecule has 0 aliphatic carbocycles. The second kappa shape index (κ2) is 7.47. The van der Waals surface area contributed by atoms with E-state index in [2.05, 4.69) is 20.5 Å². The monoisotopic (exact) mass is 380 g/mol. The Balaban J connectivity index is 1.56. The predicted molar refractivity (Wildman–Crippen MR) is 100 cm³/mol. The van der Waals surface area contributed by atoms with Crippen LogP contribution in [-0.2, 0) is 11.3 Å². The number of hydrogen-bond acceptors (Lipinski definition) is 5. The largest absolute Gasteiger partial charge is 0.474 e. The fourth-order valence-corrected chi connectivity index (χ4v) is 2.85. The van der Waals surface area contributed by atoms with Crippen LogP contribution in [0.25, 0.3) is 16.6 Å². The van der Waals surface area contributed by atoms with Crippen molar-refractivity contribution in [2.45, 2.75) is 13.5 Å². The first kappa shape index (κ1) is 17.7. The van der Waals surface area contributed by atoms with Crippen LogP contribution in [0.4, 0.5) is 10.2 Å². The SMILES string of the molecule is CC(=O)Nc1cc2c(-c3cnc(OCCn4cccn4)c(F)c3)cccn2n1. The molecule has 0 radical (unpaired) electrons. The molecular weight excluding hydrogens is 363 g/mol. The maximum absolute atomic E-state index is 14.5. The number of nitrogens with one attached hydrogen (secondary N) is 1. The first-order chi connectivity index (χ1) is 13.6. The van der Waals surface area contributed by atoms with Crippen LogP contribution < -0.4 is 10.1 Å². The molecule has 0 bridgehead atoms. The zero-order valence-electron chi connectivity index (χ0n) is 15.0. The normalized spacial score (nSPS) is 10.9. The minimum absolute atomic E-state index is 0.0599. The minimum Gasteiger partial charge on any atom is -0.474 e. The summed E-state index contributed by atoms with van der Waals surface area (Å²) in [5.41, 5.74) is 2.04. The molecular formula is C19H17FN6O2. The molecule has 8 nitrogen and oxygen atoms in total. The van der Waals surface area contributed by atoms with Gasteiger partial charge in [0.15, 0.2) is 11.6 Å². The van der Waals surface area contributed by atoms with E-state index in [1.54, 1.807) is 46.1 Å². The van der Waals surface area contributed by atoms with Crippen LogP contribution in [-0.4, -0.2) is 36.9 Å². The van der Waals surface area contributed by atoms with E-state index in [1.807, 2.05) is 12.1 Å². The number of carbonyl (C=O) groups excluding carboxylic acids is 1. The summed E-state index contributed by atoms with van der Waals surface area (Å²) in [7, 11) is 0. The fraction of sp³-hybridized carbons (Fsp3) is 0.158. The van der Waals surface area contributed by atoms with Crippen molar-refractivity contribution in [2.24, 2.45) is 0 Å². The van der Waals surface area contributed by atoms with Gasteiger partial charge in [-0.05, 0) is 18.2 Å². The predicted octanol–water partition coefficient (Wildman–Crippen LogP) is 2.77. The van der Waals surface area contributed by atoms with Gasteiger partial charge < -0.3 is 10.1 Å². The van der Waals surface area contributed by atoms with Gasteiger partial charge >= 0.3 is 0 Å². The summed E-state index contributed by atoms with van der Waals surface area (Å²) in [5, 5.41) is 11.0. The van der Waals surface area contributed by atoms with E-state index in [9.17, 15) is 9.18 Å². The highest BCUT2D eigenvalue weighted by Crippen LogP contribution is 2.28. The summed E-state index contributed by atoms with van der Waals surface area (Å²) in [6.07, 6.45) is 6.77. The van der Waals surface area contributed by atoms with Crippen LogP contribution in [0.5, 0.6) is 5.88 Å². The summed E-state index contributed by atoms with van der Waals surface area (Å²) >= 11 is 0. The number of aromatic nitrogens is 5. The van der Waals surface area contributed by atoms with Crippen molar-refractivity contribution in [3.63, 3.8) is 0 Å². The van der Waals surface area contributed by atoms with Crippen LogP contribution in [0.1, 0.15) is 6.92 Å². The molecule has 4 aromatic rings. The number of ether oxygens (including phenoxy) is 1. The second-order valence-corrected chi connectivity index (χ2v) is 6.09. The molecule has 1 amide bonds. The Labute approximate surface area is 159 Å². The van der Waals surface area contributed by atoms with E-state index in [4.69, 9.17) is 4.74 Å². The molecule has 9 heteroatoms. The minimum atomic E-state index is -0.554. The van der Waals surface area contributed by atoms with Gasteiger partial charge in [-0.25, -0.2) is 13.9 Å². The Bertz CT molecular complexity index is 1120. The van der Waals surface area contributed by atoms with Crippen molar-refractivity contribution in [3.05, 3.63) is 60.9 Å². The standard InChI is InChI=1S/C19H17FN6O2/c1-13(27)23-18-11-17-15(4-2-7-26(17)24-18)14-10-16(20)19(21-12-14)28-9-8-25-6-3-5-22-25/h2-7,10-12H,8-9H2,1H3,(H,23,24,27). The van der Waals surface area contributed by atoms with Gasteiger partial charge in [-0.15, -0.1) is 0 Å². The second-order valence-electron chi connectivity index (χ2n) is 6.09. The third-order valence-electron chi connectivity index (χ3n) is 4.04. The quantitative estimate of drug-likeness (QED) is 0.556. The average molecular weight is 380 g/mol. The molecule has 1 N–H and O–H groups in total. The van der Waals surface area contributed by atoms with Gasteiger partial charge in [0.05, 0.1) is 12.1 Å². The average Bonchev–Trinajstić information content (AvgIpc) is 3.31. The lowest BCUT2D eigenvalue weighted by Crippen LogP contribution is -2.10. The van der Waals surface area contributed by atoms with Gasteiger partial charge in [0.25, 0.3) is 0 Å². The van der Waals surface area contributed by atoms with E-state index >= 15 is 0 Å². The summed E-state index contributed by atoms with van der Waals surface area (Å²) in [6.45, 7) is 2.16. The van der Waals surface area contributed by atoms with Crippen molar-refractivity contribution in [1.82, 2.24) is 24.4 Å². The lowest BCUT2D eigenvalue weighted by molar-refractivity contribution is -0.114. The number of halogens is 1. The first-order valence-corrected chi connectivity index (χ1v) is 8.62. The van der Waals surface area contributed by atoms with Crippen LogP contribution in [0.2, 0.25) is 0 Å². The van der Waals surface area contributed by atoms with E-state index in [1.165, 1.54) is 13.0 Å². The van der Waals surface area contributed by atoms with Crippen molar-refractivity contribution in [2.75, 3.05) is 11.9 Å². The third kappa shape index (κ3) is 3.68. The van der Waals surface area contributed by atoms with Gasteiger partial charge in [-0.3, -0.25) is 9.48 Å². The van der Waals surface area contributed by atoms with E-state index in [0.717, 1.165) is 11.1 Å². The number of fused-ring (bicyclic) bond motifs is 1. The Morgan fingerprint density at radius 2 is 2.18 bits per heavy atom. The molecule has 4 heterocycles. The molecule has 0 aliphatic rings. The Hall–Kier alpha value is -3.75. The zero-order chi connectivity index (χ0) is 19.5. The molecule has 142 valence electrons. The molecule has 4 aromatic heterocycles. The molecule has 4 rings (SSSR count). The van der Waals surface area contributed by atoms with Crippen molar-refractivity contribution in [3.8, 4) is 17.0 Å². The van der Waals surface area contributed by atoms with Crippen LogP contribution >= 0.6 is 0 Å². The number of carbonyl (C=O) groups is 1. The smallest absolute Gasteiger partial charge is 0.250 e. The van der Waals surface area contributed by atoms with Crippen LogP contribution in [0.15, 0.2) is 55.1 Å². The number of nitrogens with zero attached hydrogens (tertiary/aromatic N) is 5.